The summed E-state index contributed by atoms with van der Waals surface area (Å²) in [5, 5.41) is 8.79. The van der Waals surface area contributed by atoms with Crippen LogP contribution in [0.15, 0.2) is 28.7 Å². The van der Waals surface area contributed by atoms with Crippen molar-refractivity contribution < 1.29 is 9.21 Å². The predicted octanol–water partition coefficient (Wildman–Crippen LogP) is 5.49. The molecule has 0 aliphatic heterocycles. The summed E-state index contributed by atoms with van der Waals surface area (Å²) in [5.41, 5.74) is 0.712. The Bertz CT molecular complexity index is 741. The highest BCUT2D eigenvalue weighted by molar-refractivity contribution is 6.33. The maximum absolute atomic E-state index is 12.7. The standard InChI is InChI=1S/C21H28ClN3O2/c1-2-14-25(20(26)13-12-16-8-4-3-5-9-16)15-19-23-24-21(27-19)17-10-6-7-11-18(17)22/h6-7,10-11,16H,2-5,8-9,12-15H2,1H3. The summed E-state index contributed by atoms with van der Waals surface area (Å²) in [7, 11) is 0. The molecule has 1 fully saturated rings. The molecule has 0 spiro atoms. The lowest BCUT2D eigenvalue weighted by atomic mass is 9.86. The van der Waals surface area contributed by atoms with E-state index in [0.29, 0.717) is 47.8 Å². The molecule has 0 radical (unpaired) electrons. The zero-order chi connectivity index (χ0) is 19.1. The molecular formula is C21H28ClN3O2. The van der Waals surface area contributed by atoms with Gasteiger partial charge in [-0.15, -0.1) is 10.2 Å². The molecule has 1 aliphatic rings. The summed E-state index contributed by atoms with van der Waals surface area (Å²) in [4.78, 5) is 14.6. The van der Waals surface area contributed by atoms with E-state index >= 15 is 0 Å². The number of carbonyl (C=O) groups is 1. The largest absolute Gasteiger partial charge is 0.419 e. The first-order valence-electron chi connectivity index (χ1n) is 10.0. The Labute approximate surface area is 166 Å². The topological polar surface area (TPSA) is 59.2 Å². The van der Waals surface area contributed by atoms with Gasteiger partial charge in [0.05, 0.1) is 17.1 Å². The van der Waals surface area contributed by atoms with E-state index in [-0.39, 0.29) is 5.91 Å². The van der Waals surface area contributed by atoms with Crippen molar-refractivity contribution in [3.63, 3.8) is 0 Å². The number of hydrogen-bond acceptors (Lipinski definition) is 4. The van der Waals surface area contributed by atoms with Gasteiger partial charge in [0.2, 0.25) is 17.7 Å². The van der Waals surface area contributed by atoms with Crippen LogP contribution in [0, 0.1) is 5.92 Å². The van der Waals surface area contributed by atoms with E-state index in [1.54, 1.807) is 6.07 Å². The molecule has 6 heteroatoms. The molecule has 0 saturated heterocycles. The van der Waals surface area contributed by atoms with Crippen LogP contribution in [-0.4, -0.2) is 27.5 Å². The van der Waals surface area contributed by atoms with E-state index < -0.39 is 0 Å². The monoisotopic (exact) mass is 389 g/mol. The first-order chi connectivity index (χ1) is 13.2. The minimum absolute atomic E-state index is 0.180. The summed E-state index contributed by atoms with van der Waals surface area (Å²) in [6, 6.07) is 7.37. The fourth-order valence-corrected chi connectivity index (χ4v) is 3.96. The number of carbonyl (C=O) groups excluding carboxylic acids is 1. The van der Waals surface area contributed by atoms with Crippen molar-refractivity contribution in [1.29, 1.82) is 0 Å². The number of halogens is 1. The van der Waals surface area contributed by atoms with E-state index in [4.69, 9.17) is 16.0 Å². The second-order valence-electron chi connectivity index (χ2n) is 7.34. The Morgan fingerprint density at radius 1 is 1.22 bits per heavy atom. The maximum atomic E-state index is 12.7. The highest BCUT2D eigenvalue weighted by Gasteiger charge is 2.20. The average Bonchev–Trinajstić information content (AvgIpc) is 3.15. The summed E-state index contributed by atoms with van der Waals surface area (Å²) >= 11 is 6.20. The van der Waals surface area contributed by atoms with Gasteiger partial charge in [0.1, 0.15) is 0 Å². The van der Waals surface area contributed by atoms with Crippen LogP contribution in [0.1, 0.15) is 64.2 Å². The molecule has 1 aromatic heterocycles. The van der Waals surface area contributed by atoms with Crippen LogP contribution < -0.4 is 0 Å². The van der Waals surface area contributed by atoms with Crippen LogP contribution in [0.3, 0.4) is 0 Å². The van der Waals surface area contributed by atoms with Crippen LogP contribution in [-0.2, 0) is 11.3 Å². The molecule has 1 saturated carbocycles. The molecular weight excluding hydrogens is 362 g/mol. The van der Waals surface area contributed by atoms with Crippen LogP contribution in [0.2, 0.25) is 5.02 Å². The second-order valence-corrected chi connectivity index (χ2v) is 7.75. The zero-order valence-corrected chi connectivity index (χ0v) is 16.7. The molecule has 1 heterocycles. The normalized spacial score (nSPS) is 15.0. The van der Waals surface area contributed by atoms with Crippen molar-refractivity contribution >= 4 is 17.5 Å². The van der Waals surface area contributed by atoms with E-state index in [2.05, 4.69) is 17.1 Å². The molecule has 0 bridgehead atoms. The van der Waals surface area contributed by atoms with E-state index in [9.17, 15) is 4.79 Å². The first kappa shape index (κ1) is 19.9. The van der Waals surface area contributed by atoms with Crippen molar-refractivity contribution in [1.82, 2.24) is 15.1 Å². The van der Waals surface area contributed by atoms with Gasteiger partial charge >= 0.3 is 0 Å². The lowest BCUT2D eigenvalue weighted by molar-refractivity contribution is -0.132. The van der Waals surface area contributed by atoms with Gasteiger partial charge in [0, 0.05) is 13.0 Å². The molecule has 1 aliphatic carbocycles. The third kappa shape index (κ3) is 5.55. The van der Waals surface area contributed by atoms with Crippen LogP contribution in [0.25, 0.3) is 11.5 Å². The van der Waals surface area contributed by atoms with Gasteiger partial charge in [0.25, 0.3) is 0 Å². The third-order valence-corrected chi connectivity index (χ3v) is 5.56. The van der Waals surface area contributed by atoms with Crippen molar-refractivity contribution in [2.45, 2.75) is 64.8 Å². The molecule has 0 N–H and O–H groups in total. The number of amides is 1. The lowest BCUT2D eigenvalue weighted by Crippen LogP contribution is -2.31. The van der Waals surface area contributed by atoms with Gasteiger partial charge in [-0.3, -0.25) is 4.79 Å². The number of hydrogen-bond donors (Lipinski definition) is 0. The zero-order valence-electron chi connectivity index (χ0n) is 16.0. The number of rotatable bonds is 8. The highest BCUT2D eigenvalue weighted by Crippen LogP contribution is 2.28. The molecule has 3 rings (SSSR count). The Morgan fingerprint density at radius 2 is 2.00 bits per heavy atom. The molecule has 27 heavy (non-hydrogen) atoms. The van der Waals surface area contributed by atoms with Crippen molar-refractivity contribution in [2.75, 3.05) is 6.54 Å². The predicted molar refractivity (Wildman–Crippen MR) is 106 cm³/mol. The summed E-state index contributed by atoms with van der Waals surface area (Å²) in [6.45, 7) is 3.13. The van der Waals surface area contributed by atoms with Crippen molar-refractivity contribution in [3.8, 4) is 11.5 Å². The van der Waals surface area contributed by atoms with Crippen molar-refractivity contribution in [2.24, 2.45) is 5.92 Å². The van der Waals surface area contributed by atoms with E-state index in [1.807, 2.05) is 23.1 Å². The number of nitrogens with zero attached hydrogens (tertiary/aromatic N) is 3. The molecule has 146 valence electrons. The summed E-state index contributed by atoms with van der Waals surface area (Å²) < 4.78 is 5.77. The highest BCUT2D eigenvalue weighted by atomic mass is 35.5. The van der Waals surface area contributed by atoms with Gasteiger partial charge in [-0.2, -0.15) is 0 Å². The second kappa shape index (κ2) is 9.88. The summed E-state index contributed by atoms with van der Waals surface area (Å²) in [6.07, 6.45) is 9.01. The van der Waals surface area contributed by atoms with Gasteiger partial charge in [-0.1, -0.05) is 62.8 Å². The Morgan fingerprint density at radius 3 is 2.74 bits per heavy atom. The summed E-state index contributed by atoms with van der Waals surface area (Å²) in [5.74, 6) is 1.73. The maximum Gasteiger partial charge on any atom is 0.249 e. The third-order valence-electron chi connectivity index (χ3n) is 5.23. The van der Waals surface area contributed by atoms with Crippen molar-refractivity contribution in [3.05, 3.63) is 35.2 Å². The fourth-order valence-electron chi connectivity index (χ4n) is 3.75. The first-order valence-corrected chi connectivity index (χ1v) is 10.4. The van der Waals surface area contributed by atoms with Gasteiger partial charge < -0.3 is 9.32 Å². The van der Waals surface area contributed by atoms with Gasteiger partial charge in [-0.05, 0) is 30.9 Å². The Balaban J connectivity index is 1.60. The Kier molecular flexibility index (Phi) is 7.27. The van der Waals surface area contributed by atoms with Crippen LogP contribution in [0.4, 0.5) is 0 Å². The molecule has 5 nitrogen and oxygen atoms in total. The SMILES string of the molecule is CCCN(Cc1nnc(-c2ccccc2Cl)o1)C(=O)CCC1CCCCC1. The van der Waals surface area contributed by atoms with E-state index in [0.717, 1.165) is 12.8 Å². The van der Waals surface area contributed by atoms with Gasteiger partial charge in [0.15, 0.2) is 0 Å². The number of aromatic nitrogens is 2. The molecule has 0 unspecified atom stereocenters. The smallest absolute Gasteiger partial charge is 0.249 e. The fraction of sp³-hybridized carbons (Fsp3) is 0.571. The average molecular weight is 390 g/mol. The molecule has 1 aromatic carbocycles. The Hall–Kier alpha value is -1.88. The molecule has 2 aromatic rings. The van der Waals surface area contributed by atoms with Crippen LogP contribution in [0.5, 0.6) is 0 Å². The van der Waals surface area contributed by atoms with Gasteiger partial charge in [-0.25, -0.2) is 0 Å². The molecule has 1 amide bonds. The lowest BCUT2D eigenvalue weighted by Gasteiger charge is -2.24. The molecule has 0 atom stereocenters. The minimum atomic E-state index is 0.180. The van der Waals surface area contributed by atoms with Crippen LogP contribution >= 0.6 is 11.6 Å². The van der Waals surface area contributed by atoms with E-state index in [1.165, 1.54) is 32.1 Å². The minimum Gasteiger partial charge on any atom is -0.419 e. The quantitative estimate of drug-likeness (QED) is 0.599. The number of benzene rings is 1.